The molecule has 0 bridgehead atoms. The minimum absolute atomic E-state index is 0.123. The molecule has 30 heavy (non-hydrogen) atoms. The molecule has 158 valence electrons. The number of H-pyrrole nitrogens is 1. The first-order valence-electron chi connectivity index (χ1n) is 9.78. The molecule has 3 aromatic rings. The van der Waals surface area contributed by atoms with Crippen LogP contribution >= 0.6 is 0 Å². The van der Waals surface area contributed by atoms with Gasteiger partial charge in [-0.2, -0.15) is 4.31 Å². The lowest BCUT2D eigenvalue weighted by atomic mass is 10.1. The summed E-state index contributed by atoms with van der Waals surface area (Å²) in [5, 5.41) is 0. The first-order chi connectivity index (χ1) is 14.4. The third kappa shape index (κ3) is 3.40. The van der Waals surface area contributed by atoms with Crippen LogP contribution in [0, 0.1) is 5.82 Å². The monoisotopic (exact) mass is 432 g/mol. The van der Waals surface area contributed by atoms with E-state index in [1.54, 1.807) is 18.2 Å². The number of sulfonamides is 1. The van der Waals surface area contributed by atoms with Gasteiger partial charge in [-0.25, -0.2) is 17.6 Å². The maximum Gasteiger partial charge on any atom is 0.417 e. The van der Waals surface area contributed by atoms with E-state index in [1.165, 1.54) is 28.6 Å². The van der Waals surface area contributed by atoms with E-state index in [0.717, 1.165) is 31.9 Å². The summed E-state index contributed by atoms with van der Waals surface area (Å²) in [4.78, 5) is 18.4. The predicted molar refractivity (Wildman–Crippen MR) is 110 cm³/mol. The van der Waals surface area contributed by atoms with E-state index in [0.29, 0.717) is 18.6 Å². The topological polar surface area (TPSA) is 89.9 Å². The predicted octanol–water partition coefficient (Wildman–Crippen LogP) is 1.46. The van der Waals surface area contributed by atoms with Crippen molar-refractivity contribution in [3.8, 4) is 0 Å². The van der Waals surface area contributed by atoms with Crippen molar-refractivity contribution in [2.45, 2.75) is 10.9 Å². The van der Waals surface area contributed by atoms with Crippen molar-refractivity contribution in [1.82, 2.24) is 14.2 Å². The lowest BCUT2D eigenvalue weighted by molar-refractivity contribution is 0.0828. The standard InChI is InChI=1S/C20H21FN4O4S/c21-14-1-3-15(4-2-14)23-7-9-24(10-8-23)16-12-25(13-16)30(27,28)17-5-6-18-19(11-17)29-20(26)22-18/h1-6,11,16H,7-10,12-13H2,(H,22,26). The second-order valence-electron chi connectivity index (χ2n) is 7.65. The quantitative estimate of drug-likeness (QED) is 0.671. The summed E-state index contributed by atoms with van der Waals surface area (Å²) in [5.41, 5.74) is 1.70. The molecule has 3 heterocycles. The van der Waals surface area contributed by atoms with Crippen molar-refractivity contribution in [2.75, 3.05) is 44.2 Å². The lowest BCUT2D eigenvalue weighted by Crippen LogP contribution is -2.64. The molecular weight excluding hydrogens is 411 g/mol. The summed E-state index contributed by atoms with van der Waals surface area (Å²) in [6.07, 6.45) is 0. The SMILES string of the molecule is O=c1[nH]c2ccc(S(=O)(=O)N3CC(N4CCN(c5ccc(F)cc5)CC4)C3)cc2o1. The summed E-state index contributed by atoms with van der Waals surface area (Å²) in [7, 11) is -3.63. The fourth-order valence-electron chi connectivity index (χ4n) is 4.08. The molecule has 2 saturated heterocycles. The van der Waals surface area contributed by atoms with Crippen molar-refractivity contribution >= 4 is 26.8 Å². The van der Waals surface area contributed by atoms with Crippen molar-refractivity contribution in [3.05, 3.63) is 58.8 Å². The maximum absolute atomic E-state index is 13.1. The van der Waals surface area contributed by atoms with Gasteiger partial charge in [0, 0.05) is 57.1 Å². The summed E-state index contributed by atoms with van der Waals surface area (Å²) in [5.74, 6) is -0.853. The van der Waals surface area contributed by atoms with Crippen LogP contribution in [0.25, 0.3) is 11.1 Å². The third-order valence-electron chi connectivity index (χ3n) is 5.88. The van der Waals surface area contributed by atoms with Gasteiger partial charge in [0.05, 0.1) is 10.4 Å². The molecule has 8 nitrogen and oxygen atoms in total. The number of aromatic amines is 1. The minimum Gasteiger partial charge on any atom is -0.408 e. The number of nitrogens with one attached hydrogen (secondary N) is 1. The summed E-state index contributed by atoms with van der Waals surface area (Å²) in [6.45, 7) is 4.17. The van der Waals surface area contributed by atoms with Gasteiger partial charge in [0.2, 0.25) is 10.0 Å². The molecule has 2 aliphatic rings. The maximum atomic E-state index is 13.1. The first kappa shape index (κ1) is 19.3. The van der Waals surface area contributed by atoms with Crippen LogP contribution < -0.4 is 10.7 Å². The van der Waals surface area contributed by atoms with E-state index in [2.05, 4.69) is 14.8 Å². The summed E-state index contributed by atoms with van der Waals surface area (Å²) in [6, 6.07) is 11.1. The van der Waals surface area contributed by atoms with E-state index >= 15 is 0 Å². The van der Waals surface area contributed by atoms with Crippen LogP contribution in [0.5, 0.6) is 0 Å². The molecule has 1 aromatic heterocycles. The van der Waals surface area contributed by atoms with Crippen LogP contribution in [-0.2, 0) is 10.0 Å². The zero-order chi connectivity index (χ0) is 20.9. The van der Waals surface area contributed by atoms with Gasteiger partial charge in [-0.1, -0.05) is 0 Å². The van der Waals surface area contributed by atoms with Crippen LogP contribution in [0.4, 0.5) is 10.1 Å². The zero-order valence-electron chi connectivity index (χ0n) is 16.1. The molecule has 0 unspecified atom stereocenters. The van der Waals surface area contributed by atoms with Crippen molar-refractivity contribution < 1.29 is 17.2 Å². The highest BCUT2D eigenvalue weighted by Gasteiger charge is 2.40. The highest BCUT2D eigenvalue weighted by atomic mass is 32.2. The Morgan fingerprint density at radius 3 is 2.40 bits per heavy atom. The van der Waals surface area contributed by atoms with Gasteiger partial charge in [0.25, 0.3) is 0 Å². The smallest absolute Gasteiger partial charge is 0.408 e. The second-order valence-corrected chi connectivity index (χ2v) is 9.59. The number of benzene rings is 2. The van der Waals surface area contributed by atoms with Gasteiger partial charge in [-0.3, -0.25) is 9.88 Å². The molecule has 2 aliphatic heterocycles. The highest BCUT2D eigenvalue weighted by molar-refractivity contribution is 7.89. The third-order valence-corrected chi connectivity index (χ3v) is 7.71. The number of nitrogens with zero attached hydrogens (tertiary/aromatic N) is 3. The fraction of sp³-hybridized carbons (Fsp3) is 0.350. The normalized spacial score (nSPS) is 19.3. The van der Waals surface area contributed by atoms with Crippen LogP contribution in [0.1, 0.15) is 0 Å². The summed E-state index contributed by atoms with van der Waals surface area (Å²) >= 11 is 0. The zero-order valence-corrected chi connectivity index (χ0v) is 16.9. The number of anilines is 1. The van der Waals surface area contributed by atoms with Crippen LogP contribution in [-0.4, -0.2) is 67.9 Å². The van der Waals surface area contributed by atoms with E-state index in [4.69, 9.17) is 4.42 Å². The van der Waals surface area contributed by atoms with Crippen molar-refractivity contribution in [1.29, 1.82) is 0 Å². The Kier molecular flexibility index (Phi) is 4.64. The number of aromatic nitrogens is 1. The Bertz CT molecular complexity index is 1220. The van der Waals surface area contributed by atoms with Crippen LogP contribution in [0.3, 0.4) is 0 Å². The molecule has 10 heteroatoms. The van der Waals surface area contributed by atoms with Gasteiger partial charge < -0.3 is 9.32 Å². The van der Waals surface area contributed by atoms with Gasteiger partial charge in [0.1, 0.15) is 5.82 Å². The Labute approximate surface area is 172 Å². The molecule has 0 saturated carbocycles. The van der Waals surface area contributed by atoms with E-state index in [9.17, 15) is 17.6 Å². The van der Waals surface area contributed by atoms with Gasteiger partial charge >= 0.3 is 5.76 Å². The molecular formula is C20H21FN4O4S. The number of fused-ring (bicyclic) bond motifs is 1. The molecule has 0 aliphatic carbocycles. The minimum atomic E-state index is -3.63. The molecule has 0 atom stereocenters. The Balaban J connectivity index is 1.20. The number of hydrogen-bond acceptors (Lipinski definition) is 6. The molecule has 5 rings (SSSR count). The van der Waals surface area contributed by atoms with Gasteiger partial charge in [-0.05, 0) is 36.4 Å². The molecule has 0 amide bonds. The molecule has 1 N–H and O–H groups in total. The average Bonchev–Trinajstić information content (AvgIpc) is 3.07. The highest BCUT2D eigenvalue weighted by Crippen LogP contribution is 2.27. The largest absolute Gasteiger partial charge is 0.417 e. The number of piperazine rings is 1. The first-order valence-corrected chi connectivity index (χ1v) is 11.2. The molecule has 2 aromatic carbocycles. The van der Waals surface area contributed by atoms with Crippen molar-refractivity contribution in [3.63, 3.8) is 0 Å². The average molecular weight is 432 g/mol. The Morgan fingerprint density at radius 2 is 1.70 bits per heavy atom. The number of hydrogen-bond donors (Lipinski definition) is 1. The van der Waals surface area contributed by atoms with E-state index in [-0.39, 0.29) is 22.3 Å². The molecule has 0 spiro atoms. The second kappa shape index (κ2) is 7.22. The molecule has 2 fully saturated rings. The van der Waals surface area contributed by atoms with E-state index in [1.807, 2.05) is 0 Å². The number of rotatable bonds is 4. The Hall–Kier alpha value is -2.69. The van der Waals surface area contributed by atoms with Crippen LogP contribution in [0.2, 0.25) is 0 Å². The van der Waals surface area contributed by atoms with E-state index < -0.39 is 15.8 Å². The van der Waals surface area contributed by atoms with Gasteiger partial charge in [-0.15, -0.1) is 0 Å². The van der Waals surface area contributed by atoms with Gasteiger partial charge in [0.15, 0.2) is 5.58 Å². The Morgan fingerprint density at radius 1 is 1.00 bits per heavy atom. The number of halogens is 1. The van der Waals surface area contributed by atoms with Crippen molar-refractivity contribution in [2.24, 2.45) is 0 Å². The van der Waals surface area contributed by atoms with Crippen LogP contribution in [0.15, 0.2) is 56.6 Å². The summed E-state index contributed by atoms with van der Waals surface area (Å²) < 4.78 is 45.3. The molecule has 0 radical (unpaired) electrons. The number of oxazole rings is 1. The lowest BCUT2D eigenvalue weighted by Gasteiger charge is -2.47. The fourth-order valence-corrected chi connectivity index (χ4v) is 5.61.